The van der Waals surface area contributed by atoms with Gasteiger partial charge < -0.3 is 9.52 Å². The summed E-state index contributed by atoms with van der Waals surface area (Å²) in [6, 6.07) is 14.8. The zero-order valence-corrected chi connectivity index (χ0v) is 16.9. The van der Waals surface area contributed by atoms with Gasteiger partial charge in [-0.1, -0.05) is 41.9 Å². The van der Waals surface area contributed by atoms with Crippen molar-refractivity contribution in [1.82, 2.24) is 9.78 Å². The Kier molecular flexibility index (Phi) is 5.11. The van der Waals surface area contributed by atoms with Gasteiger partial charge in [-0.05, 0) is 48.5 Å². The van der Waals surface area contributed by atoms with Gasteiger partial charge >= 0.3 is 5.97 Å². The number of hydrogen-bond acceptors (Lipinski definition) is 3. The summed E-state index contributed by atoms with van der Waals surface area (Å²) in [5.41, 5.74) is 0.915. The van der Waals surface area contributed by atoms with Gasteiger partial charge in [0.2, 0.25) is 0 Å². The second-order valence-electron chi connectivity index (χ2n) is 6.47. The van der Waals surface area contributed by atoms with Crippen molar-refractivity contribution < 1.29 is 14.3 Å². The van der Waals surface area contributed by atoms with Crippen LogP contribution in [0.2, 0.25) is 10.0 Å². The second-order valence-corrected chi connectivity index (χ2v) is 7.31. The third kappa shape index (κ3) is 3.70. The molecule has 8 heteroatoms. The molecule has 0 aliphatic carbocycles. The van der Waals surface area contributed by atoms with Crippen LogP contribution in [0.1, 0.15) is 16.1 Å². The smallest absolute Gasteiger partial charge is 0.337 e. The van der Waals surface area contributed by atoms with Gasteiger partial charge in [0.25, 0.3) is 5.56 Å². The minimum Gasteiger partial charge on any atom is -0.478 e. The van der Waals surface area contributed by atoms with E-state index in [0.717, 1.165) is 0 Å². The normalized spacial score (nSPS) is 11.7. The van der Waals surface area contributed by atoms with Crippen LogP contribution in [-0.2, 0) is 0 Å². The molecule has 0 saturated heterocycles. The molecule has 6 nitrogen and oxygen atoms in total. The van der Waals surface area contributed by atoms with Gasteiger partial charge in [0.15, 0.2) is 0 Å². The highest BCUT2D eigenvalue weighted by Crippen LogP contribution is 2.27. The number of aromatic nitrogens is 2. The molecule has 0 fully saturated rings. The lowest BCUT2D eigenvalue weighted by molar-refractivity contribution is 0.0697. The van der Waals surface area contributed by atoms with Gasteiger partial charge in [0.05, 0.1) is 26.8 Å². The summed E-state index contributed by atoms with van der Waals surface area (Å²) in [4.78, 5) is 23.9. The van der Waals surface area contributed by atoms with E-state index in [1.807, 2.05) is 0 Å². The molecule has 150 valence electrons. The lowest BCUT2D eigenvalue weighted by atomic mass is 10.1. The maximum absolute atomic E-state index is 12.8. The number of H-pyrrole nitrogens is 1. The molecule has 2 N–H and O–H groups in total. The fourth-order valence-corrected chi connectivity index (χ4v) is 3.46. The molecular formula is C22H14Cl2N2O4. The maximum atomic E-state index is 12.8. The molecule has 0 aliphatic heterocycles. The van der Waals surface area contributed by atoms with Crippen molar-refractivity contribution in [2.75, 3.05) is 0 Å². The number of rotatable bonds is 4. The van der Waals surface area contributed by atoms with Crippen LogP contribution < -0.4 is 16.1 Å². The standard InChI is InChI=1S/C22H14Cl2N2O4/c1-12-18(21(27)26(25-12)15-4-2-3-14(23)10-15)11-16-6-8-20(30-16)13-5-7-17(22(28)29)19(24)9-13/h2-11,25H,1H2,(H,28,29)/b18-11-. The predicted molar refractivity (Wildman–Crippen MR) is 116 cm³/mol. The van der Waals surface area contributed by atoms with Crippen molar-refractivity contribution in [3.8, 4) is 17.0 Å². The number of furan rings is 1. The van der Waals surface area contributed by atoms with E-state index >= 15 is 0 Å². The number of halogens is 2. The molecule has 0 radical (unpaired) electrons. The van der Waals surface area contributed by atoms with E-state index < -0.39 is 5.97 Å². The predicted octanol–water partition coefficient (Wildman–Crippen LogP) is 3.67. The highest BCUT2D eigenvalue weighted by molar-refractivity contribution is 6.33. The van der Waals surface area contributed by atoms with Crippen LogP contribution in [0.5, 0.6) is 0 Å². The van der Waals surface area contributed by atoms with Gasteiger partial charge in [-0.3, -0.25) is 9.89 Å². The highest BCUT2D eigenvalue weighted by atomic mass is 35.5. The molecule has 30 heavy (non-hydrogen) atoms. The van der Waals surface area contributed by atoms with Crippen molar-refractivity contribution in [2.45, 2.75) is 0 Å². The van der Waals surface area contributed by atoms with Gasteiger partial charge in [-0.25, -0.2) is 9.48 Å². The van der Waals surface area contributed by atoms with E-state index in [2.05, 4.69) is 11.7 Å². The summed E-state index contributed by atoms with van der Waals surface area (Å²) in [6.45, 7) is 3.89. The van der Waals surface area contributed by atoms with Gasteiger partial charge in [0, 0.05) is 10.6 Å². The largest absolute Gasteiger partial charge is 0.478 e. The molecule has 0 unspecified atom stereocenters. The summed E-state index contributed by atoms with van der Waals surface area (Å²) in [6.07, 6.45) is 1.58. The number of carboxylic acids is 1. The van der Waals surface area contributed by atoms with E-state index in [9.17, 15) is 9.59 Å². The lowest BCUT2D eigenvalue weighted by Crippen LogP contribution is -2.33. The molecule has 4 rings (SSSR count). The van der Waals surface area contributed by atoms with Gasteiger partial charge in [0.1, 0.15) is 11.5 Å². The Labute approximate surface area is 179 Å². The van der Waals surface area contributed by atoms with Gasteiger partial charge in [-0.2, -0.15) is 0 Å². The number of nitrogens with zero attached hydrogens (tertiary/aromatic N) is 1. The van der Waals surface area contributed by atoms with Crippen molar-refractivity contribution in [3.05, 3.63) is 96.9 Å². The van der Waals surface area contributed by atoms with Crippen molar-refractivity contribution in [1.29, 1.82) is 0 Å². The first kappa shape index (κ1) is 19.8. The first-order chi connectivity index (χ1) is 14.3. The van der Waals surface area contributed by atoms with Crippen LogP contribution in [0.4, 0.5) is 0 Å². The average Bonchev–Trinajstić information content (AvgIpc) is 3.28. The SMILES string of the molecule is C=c1[nH]n(-c2cccc(Cl)c2)c(=O)/c1=C\c1ccc(-c2ccc(C(=O)O)c(Cl)c2)o1. The Morgan fingerprint density at radius 2 is 1.93 bits per heavy atom. The molecule has 0 spiro atoms. The molecule has 0 aliphatic rings. The summed E-state index contributed by atoms with van der Waals surface area (Å²) >= 11 is 12.0. The van der Waals surface area contributed by atoms with Crippen LogP contribution in [0, 0.1) is 0 Å². The van der Waals surface area contributed by atoms with Crippen LogP contribution in [0.3, 0.4) is 0 Å². The highest BCUT2D eigenvalue weighted by Gasteiger charge is 2.12. The lowest BCUT2D eigenvalue weighted by Gasteiger charge is -2.01. The van der Waals surface area contributed by atoms with Crippen LogP contribution in [0.15, 0.2) is 63.8 Å². The quantitative estimate of drug-likeness (QED) is 0.506. The maximum Gasteiger partial charge on any atom is 0.337 e. The van der Waals surface area contributed by atoms with Crippen molar-refractivity contribution in [2.24, 2.45) is 0 Å². The molecule has 2 heterocycles. The number of aromatic carboxylic acids is 1. The van der Waals surface area contributed by atoms with Crippen LogP contribution >= 0.6 is 23.2 Å². The Morgan fingerprint density at radius 3 is 2.63 bits per heavy atom. The average molecular weight is 441 g/mol. The molecule has 0 saturated carbocycles. The monoisotopic (exact) mass is 440 g/mol. The summed E-state index contributed by atoms with van der Waals surface area (Å²) in [5, 5.41) is 13.4. The Morgan fingerprint density at radius 1 is 1.13 bits per heavy atom. The van der Waals surface area contributed by atoms with E-state index in [0.29, 0.717) is 38.4 Å². The number of aromatic amines is 1. The number of nitrogens with one attached hydrogen (secondary N) is 1. The van der Waals surface area contributed by atoms with Crippen LogP contribution in [0.25, 0.3) is 29.7 Å². The van der Waals surface area contributed by atoms with E-state index in [-0.39, 0.29) is 16.1 Å². The minimum absolute atomic E-state index is 0.00865. The Balaban J connectivity index is 1.74. The first-order valence-corrected chi connectivity index (χ1v) is 9.50. The van der Waals surface area contributed by atoms with Crippen LogP contribution in [-0.4, -0.2) is 20.9 Å². The number of benzene rings is 2. The Bertz CT molecular complexity index is 1450. The van der Waals surface area contributed by atoms with E-state index in [1.54, 1.807) is 48.5 Å². The van der Waals surface area contributed by atoms with Gasteiger partial charge in [-0.15, -0.1) is 0 Å². The second kappa shape index (κ2) is 7.74. The molecule has 0 amide bonds. The topological polar surface area (TPSA) is 88.2 Å². The number of carbonyl (C=O) groups is 1. The molecule has 2 aromatic carbocycles. The minimum atomic E-state index is -1.11. The zero-order valence-electron chi connectivity index (χ0n) is 15.4. The summed E-state index contributed by atoms with van der Waals surface area (Å²) in [7, 11) is 0. The zero-order chi connectivity index (χ0) is 21.4. The fraction of sp³-hybridized carbons (Fsp3) is 0. The van der Waals surface area contributed by atoms with Crippen molar-refractivity contribution >= 4 is 41.8 Å². The summed E-state index contributed by atoms with van der Waals surface area (Å²) in [5.74, 6) is -0.189. The summed E-state index contributed by atoms with van der Waals surface area (Å²) < 4.78 is 7.16. The fourth-order valence-electron chi connectivity index (χ4n) is 3.01. The Hall–Kier alpha value is -3.48. The number of hydrogen-bond donors (Lipinski definition) is 2. The van der Waals surface area contributed by atoms with E-state index in [4.69, 9.17) is 32.7 Å². The molecule has 0 atom stereocenters. The third-order valence-corrected chi connectivity index (χ3v) is 5.02. The third-order valence-electron chi connectivity index (χ3n) is 4.47. The van der Waals surface area contributed by atoms with Crippen molar-refractivity contribution in [3.63, 3.8) is 0 Å². The number of carboxylic acid groups (broad SMARTS) is 1. The molecular weight excluding hydrogens is 427 g/mol. The van der Waals surface area contributed by atoms with E-state index in [1.165, 1.54) is 16.8 Å². The first-order valence-electron chi connectivity index (χ1n) is 8.74. The molecule has 4 aromatic rings. The molecule has 2 aromatic heterocycles. The molecule has 0 bridgehead atoms.